The van der Waals surface area contributed by atoms with Crippen LogP contribution in [0.15, 0.2) is 30.3 Å². The van der Waals surface area contributed by atoms with Crippen molar-refractivity contribution in [2.45, 2.75) is 65.8 Å². The summed E-state index contributed by atoms with van der Waals surface area (Å²) in [7, 11) is 2.42. The summed E-state index contributed by atoms with van der Waals surface area (Å²) in [5.74, 6) is 0.461. The first-order valence-corrected chi connectivity index (χ1v) is 10.3. The molecule has 0 bridgehead atoms. The molecule has 0 aliphatic carbocycles. The summed E-state index contributed by atoms with van der Waals surface area (Å²) in [6.07, 6.45) is 0. The number of phenolic OH excluding ortho intramolecular Hbond substituents is 1. The smallest absolute Gasteiger partial charge is 0.127 e. The molecule has 0 heterocycles. The van der Waals surface area contributed by atoms with Gasteiger partial charge < -0.3 is 10.4 Å². The van der Waals surface area contributed by atoms with Gasteiger partial charge in [0.2, 0.25) is 0 Å². The highest BCUT2D eigenvalue weighted by Crippen LogP contribution is 2.36. The van der Waals surface area contributed by atoms with Crippen LogP contribution in [0, 0.1) is 6.92 Å². The van der Waals surface area contributed by atoms with E-state index < -0.39 is 0 Å². The van der Waals surface area contributed by atoms with E-state index in [0.717, 1.165) is 17.4 Å². The maximum Gasteiger partial charge on any atom is 0.127 e. The highest BCUT2D eigenvalue weighted by Gasteiger charge is 2.25. The molecule has 2 aromatic rings. The Balaban J connectivity index is 2.64. The fourth-order valence-corrected chi connectivity index (χ4v) is 4.48. The second-order valence-electron chi connectivity index (χ2n) is 9.18. The standard InChI is InChI=1S/C23H34NOP/c1-15-10-9-11-16(14-24-8)21(15)26-19-13-17(22(2,3)4)12-18(20(19)25)23(5,6)7/h9-13,24-26H,14H2,1-8H3. The second kappa shape index (κ2) is 7.71. The lowest BCUT2D eigenvalue weighted by Crippen LogP contribution is -2.22. The molecule has 2 N–H and O–H groups in total. The summed E-state index contributed by atoms with van der Waals surface area (Å²) in [5, 5.41) is 16.7. The van der Waals surface area contributed by atoms with Gasteiger partial charge in [0.05, 0.1) is 0 Å². The summed E-state index contributed by atoms with van der Waals surface area (Å²) in [4.78, 5) is 0. The summed E-state index contributed by atoms with van der Waals surface area (Å²) in [5.41, 5.74) is 4.87. The number of nitrogens with one attached hydrogen (secondary N) is 1. The first kappa shape index (κ1) is 20.9. The van der Waals surface area contributed by atoms with Crippen LogP contribution in [0.25, 0.3) is 0 Å². The highest BCUT2D eigenvalue weighted by molar-refractivity contribution is 7.56. The van der Waals surface area contributed by atoms with Crippen molar-refractivity contribution in [2.24, 2.45) is 0 Å². The van der Waals surface area contributed by atoms with Gasteiger partial charge in [-0.15, -0.1) is 0 Å². The Labute approximate surface area is 161 Å². The molecule has 1 unspecified atom stereocenters. The summed E-state index contributed by atoms with van der Waals surface area (Å²) >= 11 is 0. The van der Waals surface area contributed by atoms with Crippen LogP contribution in [0.3, 0.4) is 0 Å². The van der Waals surface area contributed by atoms with Crippen molar-refractivity contribution in [3.8, 4) is 5.75 Å². The third kappa shape index (κ3) is 4.67. The Morgan fingerprint density at radius 1 is 1.00 bits per heavy atom. The molecule has 0 saturated heterocycles. The number of hydrogen-bond donors (Lipinski definition) is 2. The molecule has 0 aliphatic heterocycles. The van der Waals surface area contributed by atoms with Crippen molar-refractivity contribution in [1.29, 1.82) is 0 Å². The molecule has 0 radical (unpaired) electrons. The maximum atomic E-state index is 11.1. The van der Waals surface area contributed by atoms with Crippen molar-refractivity contribution >= 4 is 19.2 Å². The molecule has 0 fully saturated rings. The number of phenols is 1. The normalized spacial score (nSPS) is 12.9. The molecule has 0 saturated carbocycles. The van der Waals surface area contributed by atoms with Crippen molar-refractivity contribution in [1.82, 2.24) is 5.32 Å². The molecule has 2 rings (SSSR count). The predicted octanol–water partition coefficient (Wildman–Crippen LogP) is 4.64. The molecule has 3 heteroatoms. The maximum absolute atomic E-state index is 11.1. The summed E-state index contributed by atoms with van der Waals surface area (Å²) in [6.45, 7) is 16.2. The number of benzene rings is 2. The average molecular weight is 372 g/mol. The quantitative estimate of drug-likeness (QED) is 0.767. The number of rotatable bonds is 4. The van der Waals surface area contributed by atoms with Gasteiger partial charge >= 0.3 is 0 Å². The largest absolute Gasteiger partial charge is 0.507 e. The van der Waals surface area contributed by atoms with E-state index in [1.165, 1.54) is 22.0 Å². The van der Waals surface area contributed by atoms with Gasteiger partial charge in [-0.3, -0.25) is 0 Å². The minimum atomic E-state index is -0.0931. The average Bonchev–Trinajstić information content (AvgIpc) is 2.50. The Hall–Kier alpha value is -1.37. The van der Waals surface area contributed by atoms with Crippen molar-refractivity contribution in [3.63, 3.8) is 0 Å². The Bertz CT molecular complexity index is 782. The van der Waals surface area contributed by atoms with E-state index in [9.17, 15) is 5.11 Å². The lowest BCUT2D eigenvalue weighted by atomic mass is 9.80. The van der Waals surface area contributed by atoms with Crippen LogP contribution in [-0.4, -0.2) is 12.2 Å². The zero-order chi connectivity index (χ0) is 19.7. The highest BCUT2D eigenvalue weighted by atomic mass is 31.1. The van der Waals surface area contributed by atoms with Gasteiger partial charge in [0.1, 0.15) is 5.75 Å². The molecule has 2 aromatic carbocycles. The molecular weight excluding hydrogens is 337 g/mol. The van der Waals surface area contributed by atoms with Crippen LogP contribution in [0.2, 0.25) is 0 Å². The van der Waals surface area contributed by atoms with Gasteiger partial charge in [0, 0.05) is 17.4 Å². The molecular formula is C23H34NOP. The van der Waals surface area contributed by atoms with Gasteiger partial charge in [-0.2, -0.15) is 0 Å². The van der Waals surface area contributed by atoms with Gasteiger partial charge in [0.25, 0.3) is 0 Å². The minimum Gasteiger partial charge on any atom is -0.507 e. The van der Waals surface area contributed by atoms with Crippen LogP contribution >= 0.6 is 8.58 Å². The molecule has 0 aromatic heterocycles. The Kier molecular flexibility index (Phi) is 6.20. The third-order valence-electron chi connectivity index (χ3n) is 4.77. The van der Waals surface area contributed by atoms with Crippen molar-refractivity contribution in [3.05, 3.63) is 52.6 Å². The van der Waals surface area contributed by atoms with E-state index in [1.807, 2.05) is 7.05 Å². The van der Waals surface area contributed by atoms with E-state index in [2.05, 4.69) is 84.1 Å². The zero-order valence-corrected chi connectivity index (χ0v) is 18.5. The lowest BCUT2D eigenvalue weighted by molar-refractivity contribution is 0.449. The molecule has 26 heavy (non-hydrogen) atoms. The Morgan fingerprint density at radius 3 is 2.19 bits per heavy atom. The van der Waals surface area contributed by atoms with Crippen molar-refractivity contribution in [2.75, 3.05) is 7.05 Å². The van der Waals surface area contributed by atoms with E-state index in [-0.39, 0.29) is 10.8 Å². The van der Waals surface area contributed by atoms with E-state index in [0.29, 0.717) is 14.3 Å². The monoisotopic (exact) mass is 371 g/mol. The first-order valence-electron chi connectivity index (χ1n) is 9.33. The summed E-state index contributed by atoms with van der Waals surface area (Å²) in [6, 6.07) is 10.9. The summed E-state index contributed by atoms with van der Waals surface area (Å²) < 4.78 is 0. The molecule has 142 valence electrons. The predicted molar refractivity (Wildman–Crippen MR) is 117 cm³/mol. The molecule has 2 nitrogen and oxygen atoms in total. The van der Waals surface area contributed by atoms with Gasteiger partial charge in [-0.1, -0.05) is 74.4 Å². The SMILES string of the molecule is CNCc1cccc(C)c1Pc1cc(C(C)(C)C)cc(C(C)(C)C)c1O. The molecule has 0 amide bonds. The van der Waals surface area contributed by atoms with Crippen LogP contribution in [0.5, 0.6) is 5.75 Å². The number of hydrogen-bond acceptors (Lipinski definition) is 2. The molecule has 1 atom stereocenters. The van der Waals surface area contributed by atoms with Crippen molar-refractivity contribution < 1.29 is 5.11 Å². The Morgan fingerprint density at radius 2 is 1.65 bits per heavy atom. The van der Waals surface area contributed by atoms with Crippen LogP contribution in [0.4, 0.5) is 0 Å². The van der Waals surface area contributed by atoms with Crippen LogP contribution < -0.4 is 15.9 Å². The molecule has 0 aliphatic rings. The van der Waals surface area contributed by atoms with Crippen LogP contribution in [-0.2, 0) is 17.4 Å². The number of aryl methyl sites for hydroxylation is 1. The lowest BCUT2D eigenvalue weighted by Gasteiger charge is -2.28. The van der Waals surface area contributed by atoms with E-state index >= 15 is 0 Å². The minimum absolute atomic E-state index is 0.0481. The fraction of sp³-hybridized carbons (Fsp3) is 0.478. The second-order valence-corrected chi connectivity index (χ2v) is 10.5. The van der Waals surface area contributed by atoms with Gasteiger partial charge in [-0.25, -0.2) is 0 Å². The zero-order valence-electron chi connectivity index (χ0n) is 17.5. The third-order valence-corrected chi connectivity index (χ3v) is 6.39. The molecule has 0 spiro atoms. The van der Waals surface area contributed by atoms with Gasteiger partial charge in [0.15, 0.2) is 0 Å². The van der Waals surface area contributed by atoms with Gasteiger partial charge in [-0.05, 0) is 52.9 Å². The number of aromatic hydroxyl groups is 1. The van der Waals surface area contributed by atoms with E-state index in [1.54, 1.807) is 0 Å². The first-order chi connectivity index (χ1) is 11.9. The fourth-order valence-electron chi connectivity index (χ4n) is 3.11. The van der Waals surface area contributed by atoms with E-state index in [4.69, 9.17) is 0 Å². The van der Waals surface area contributed by atoms with Crippen LogP contribution in [0.1, 0.15) is 63.8 Å². The topological polar surface area (TPSA) is 32.3 Å².